The average molecular weight is 324 g/mol. The van der Waals surface area contributed by atoms with Gasteiger partial charge in [0.25, 0.3) is 0 Å². The largest absolute Gasteiger partial charge is 0.358 e. The maximum absolute atomic E-state index is 13.8. The van der Waals surface area contributed by atoms with Gasteiger partial charge in [0.1, 0.15) is 5.82 Å². The zero-order valence-electron chi connectivity index (χ0n) is 14.1. The summed E-state index contributed by atoms with van der Waals surface area (Å²) in [5, 5.41) is 0.936. The molecule has 3 rings (SSSR count). The van der Waals surface area contributed by atoms with Gasteiger partial charge in [0, 0.05) is 34.3 Å². The Morgan fingerprint density at radius 1 is 1.17 bits per heavy atom. The third-order valence-electron chi connectivity index (χ3n) is 4.56. The van der Waals surface area contributed by atoms with Gasteiger partial charge in [-0.3, -0.25) is 9.69 Å². The first-order valence-corrected chi connectivity index (χ1v) is 8.04. The maximum Gasteiger partial charge on any atom is 0.182 e. The fraction of sp³-hybridized carbons (Fsp3) is 0.250. The molecule has 3 nitrogen and oxygen atoms in total. The highest BCUT2D eigenvalue weighted by molar-refractivity contribution is 6.11. The summed E-state index contributed by atoms with van der Waals surface area (Å²) in [6, 6.07) is 14.1. The van der Waals surface area contributed by atoms with Crippen LogP contribution in [0.5, 0.6) is 0 Å². The van der Waals surface area contributed by atoms with Crippen LogP contribution in [0.15, 0.2) is 48.5 Å². The highest BCUT2D eigenvalue weighted by Crippen LogP contribution is 2.24. The number of carbonyl (C=O) groups excluding carboxylic acids is 1. The van der Waals surface area contributed by atoms with E-state index in [9.17, 15) is 9.18 Å². The average Bonchev–Trinajstić information content (AvgIpc) is 2.91. The number of Topliss-reactive ketones (excluding diaryl/α,β-unsaturated/α-hetero) is 1. The van der Waals surface area contributed by atoms with E-state index in [1.54, 1.807) is 12.1 Å². The van der Waals surface area contributed by atoms with E-state index in [1.807, 2.05) is 56.1 Å². The molecule has 0 fully saturated rings. The van der Waals surface area contributed by atoms with Crippen molar-refractivity contribution in [3.05, 3.63) is 71.2 Å². The van der Waals surface area contributed by atoms with Gasteiger partial charge in [-0.15, -0.1) is 0 Å². The van der Waals surface area contributed by atoms with Crippen molar-refractivity contribution in [2.45, 2.75) is 26.4 Å². The molecule has 0 spiro atoms. The second-order valence-corrected chi connectivity index (χ2v) is 6.22. The zero-order chi connectivity index (χ0) is 17.3. The van der Waals surface area contributed by atoms with Gasteiger partial charge < -0.3 is 4.98 Å². The molecular formula is C20H21FN2O. The Kier molecular flexibility index (Phi) is 4.49. The van der Waals surface area contributed by atoms with E-state index in [4.69, 9.17) is 0 Å². The molecule has 0 amide bonds. The van der Waals surface area contributed by atoms with Gasteiger partial charge >= 0.3 is 0 Å². The molecule has 0 aliphatic rings. The summed E-state index contributed by atoms with van der Waals surface area (Å²) in [6.45, 7) is 4.17. The number of halogens is 1. The minimum atomic E-state index is -0.345. The predicted octanol–water partition coefficient (Wildman–Crippen LogP) is 4.32. The number of aryl methyl sites for hydroxylation is 1. The van der Waals surface area contributed by atoms with Crippen LogP contribution >= 0.6 is 0 Å². The van der Waals surface area contributed by atoms with Crippen molar-refractivity contribution in [2.75, 3.05) is 7.05 Å². The molecule has 1 heterocycles. The molecule has 1 N–H and O–H groups in total. The first kappa shape index (κ1) is 16.4. The van der Waals surface area contributed by atoms with Crippen LogP contribution in [0.4, 0.5) is 4.39 Å². The lowest BCUT2D eigenvalue weighted by atomic mass is 10.0. The van der Waals surface area contributed by atoms with Crippen molar-refractivity contribution < 1.29 is 9.18 Å². The molecule has 0 unspecified atom stereocenters. The number of aromatic amines is 1. The molecule has 0 bridgehead atoms. The van der Waals surface area contributed by atoms with E-state index in [1.165, 1.54) is 6.07 Å². The van der Waals surface area contributed by atoms with Crippen molar-refractivity contribution in [3.8, 4) is 0 Å². The van der Waals surface area contributed by atoms with Gasteiger partial charge in [-0.1, -0.05) is 36.4 Å². The number of nitrogens with one attached hydrogen (secondary N) is 1. The summed E-state index contributed by atoms with van der Waals surface area (Å²) in [5.74, 6) is -0.198. The number of rotatable bonds is 5. The van der Waals surface area contributed by atoms with Crippen LogP contribution < -0.4 is 0 Å². The number of H-pyrrole nitrogens is 1. The molecule has 0 radical (unpaired) electrons. The molecule has 24 heavy (non-hydrogen) atoms. The van der Waals surface area contributed by atoms with Gasteiger partial charge in [0.15, 0.2) is 5.78 Å². The molecule has 1 aromatic heterocycles. The summed E-state index contributed by atoms with van der Waals surface area (Å²) in [7, 11) is 1.85. The van der Waals surface area contributed by atoms with E-state index in [0.717, 1.165) is 22.2 Å². The molecule has 1 atom stereocenters. The molecule has 0 saturated carbocycles. The van der Waals surface area contributed by atoms with Crippen LogP contribution in [-0.2, 0) is 6.54 Å². The maximum atomic E-state index is 13.8. The van der Waals surface area contributed by atoms with E-state index >= 15 is 0 Å². The number of nitrogens with zero attached hydrogens (tertiary/aromatic N) is 1. The summed E-state index contributed by atoms with van der Waals surface area (Å²) >= 11 is 0. The number of fused-ring (bicyclic) bond motifs is 1. The molecule has 0 aliphatic carbocycles. The Bertz CT molecular complexity index is 884. The number of benzene rings is 2. The Morgan fingerprint density at radius 2 is 1.83 bits per heavy atom. The van der Waals surface area contributed by atoms with Crippen LogP contribution in [0.2, 0.25) is 0 Å². The summed E-state index contributed by atoms with van der Waals surface area (Å²) in [6.07, 6.45) is 0. The summed E-state index contributed by atoms with van der Waals surface area (Å²) < 4.78 is 13.8. The molecule has 4 heteroatoms. The minimum absolute atomic E-state index is 0.0452. The molecule has 2 aromatic carbocycles. The van der Waals surface area contributed by atoms with Gasteiger partial charge in [-0.2, -0.15) is 0 Å². The Balaban J connectivity index is 1.86. The highest BCUT2D eigenvalue weighted by Gasteiger charge is 2.24. The number of aromatic nitrogens is 1. The third-order valence-corrected chi connectivity index (χ3v) is 4.56. The first-order chi connectivity index (χ1) is 11.5. The van der Waals surface area contributed by atoms with E-state index in [2.05, 4.69) is 4.98 Å². The van der Waals surface area contributed by atoms with Crippen molar-refractivity contribution in [1.29, 1.82) is 0 Å². The van der Waals surface area contributed by atoms with Crippen LogP contribution in [0.1, 0.15) is 28.5 Å². The van der Waals surface area contributed by atoms with Crippen LogP contribution in [0, 0.1) is 12.7 Å². The second-order valence-electron chi connectivity index (χ2n) is 6.22. The Morgan fingerprint density at radius 3 is 2.58 bits per heavy atom. The SMILES string of the molecule is Cc1[nH]c2ccccc2c1C(=O)[C@H](C)N(C)Cc1ccccc1F. The van der Waals surface area contributed by atoms with Crippen LogP contribution in [0.25, 0.3) is 10.9 Å². The smallest absolute Gasteiger partial charge is 0.182 e. The minimum Gasteiger partial charge on any atom is -0.358 e. The van der Waals surface area contributed by atoms with Crippen molar-refractivity contribution in [2.24, 2.45) is 0 Å². The van der Waals surface area contributed by atoms with Gasteiger partial charge in [-0.05, 0) is 33.0 Å². The quantitative estimate of drug-likeness (QED) is 0.710. The van der Waals surface area contributed by atoms with Crippen molar-refractivity contribution in [1.82, 2.24) is 9.88 Å². The van der Waals surface area contributed by atoms with E-state index in [0.29, 0.717) is 12.1 Å². The van der Waals surface area contributed by atoms with Gasteiger partial charge in [0.2, 0.25) is 0 Å². The molecule has 3 aromatic rings. The van der Waals surface area contributed by atoms with Crippen LogP contribution in [0.3, 0.4) is 0 Å². The molecule has 124 valence electrons. The van der Waals surface area contributed by atoms with E-state index in [-0.39, 0.29) is 17.6 Å². The highest BCUT2D eigenvalue weighted by atomic mass is 19.1. The molecule has 0 saturated heterocycles. The third kappa shape index (κ3) is 2.97. The number of hydrogen-bond donors (Lipinski definition) is 1. The first-order valence-electron chi connectivity index (χ1n) is 8.04. The standard InChI is InChI=1S/C20H21FN2O/c1-13-19(16-9-5-7-11-18(16)22-13)20(24)14(2)23(3)12-15-8-4-6-10-17(15)21/h4-11,14,22H,12H2,1-3H3/t14-/m0/s1. The monoisotopic (exact) mass is 324 g/mol. The number of para-hydroxylation sites is 1. The summed E-state index contributed by atoms with van der Waals surface area (Å²) in [5.41, 5.74) is 3.14. The predicted molar refractivity (Wildman–Crippen MR) is 94.7 cm³/mol. The van der Waals surface area contributed by atoms with Crippen LogP contribution in [-0.4, -0.2) is 28.8 Å². The molecule has 0 aliphatic heterocycles. The van der Waals surface area contributed by atoms with Gasteiger partial charge in [-0.25, -0.2) is 4.39 Å². The second kappa shape index (κ2) is 6.57. The lowest BCUT2D eigenvalue weighted by Crippen LogP contribution is -2.36. The number of hydrogen-bond acceptors (Lipinski definition) is 2. The Labute approximate surface area is 141 Å². The molecular weight excluding hydrogens is 303 g/mol. The number of ketones is 1. The van der Waals surface area contributed by atoms with Gasteiger partial charge in [0.05, 0.1) is 6.04 Å². The van der Waals surface area contributed by atoms with Crippen molar-refractivity contribution in [3.63, 3.8) is 0 Å². The summed E-state index contributed by atoms with van der Waals surface area (Å²) in [4.78, 5) is 18.1. The number of carbonyl (C=O) groups is 1. The van der Waals surface area contributed by atoms with Crippen molar-refractivity contribution >= 4 is 16.7 Å². The van der Waals surface area contributed by atoms with E-state index < -0.39 is 0 Å². The zero-order valence-corrected chi connectivity index (χ0v) is 14.1. The lowest BCUT2D eigenvalue weighted by Gasteiger charge is -2.24. The Hall–Kier alpha value is -2.46. The lowest BCUT2D eigenvalue weighted by molar-refractivity contribution is 0.0862. The number of likely N-dealkylation sites (N-methyl/N-ethyl adjacent to an activating group) is 1. The fourth-order valence-electron chi connectivity index (χ4n) is 3.04. The fourth-order valence-corrected chi connectivity index (χ4v) is 3.04. The normalized spacial score (nSPS) is 12.7. The topological polar surface area (TPSA) is 36.1 Å².